The van der Waals surface area contributed by atoms with Crippen molar-refractivity contribution in [2.45, 2.75) is 51.2 Å². The number of hydrogen-bond acceptors (Lipinski definition) is 5. The number of nitrogens with two attached hydrogens (primary N) is 1. The predicted octanol–water partition coefficient (Wildman–Crippen LogP) is 2.58. The number of nitrogens with one attached hydrogen (secondary N) is 1. The monoisotopic (exact) mass is 293 g/mol. The number of nitrogens with zero attached hydrogens (tertiary/aromatic N) is 1. The van der Waals surface area contributed by atoms with Gasteiger partial charge in [-0.1, -0.05) is 6.92 Å². The molecule has 5 nitrogen and oxygen atoms in total. The van der Waals surface area contributed by atoms with Crippen LogP contribution in [0, 0.1) is 5.92 Å². The maximum Gasteiger partial charge on any atom is 0.137 e. The molecule has 1 fully saturated rings. The summed E-state index contributed by atoms with van der Waals surface area (Å²) in [4.78, 5) is 4.25. The lowest BCUT2D eigenvalue weighted by Gasteiger charge is -2.44. The van der Waals surface area contributed by atoms with E-state index in [9.17, 15) is 0 Å². The van der Waals surface area contributed by atoms with E-state index in [4.69, 9.17) is 15.3 Å². The van der Waals surface area contributed by atoms with Crippen LogP contribution in [0.3, 0.4) is 0 Å². The second kappa shape index (κ2) is 7.20. The van der Waals surface area contributed by atoms with Crippen LogP contribution in [-0.4, -0.2) is 24.3 Å². The van der Waals surface area contributed by atoms with Crippen molar-refractivity contribution < 1.29 is 9.47 Å². The first-order valence-electron chi connectivity index (χ1n) is 7.74. The Kier molecular flexibility index (Phi) is 5.56. The van der Waals surface area contributed by atoms with Gasteiger partial charge in [0.05, 0.1) is 24.9 Å². The summed E-state index contributed by atoms with van der Waals surface area (Å²) in [6, 6.07) is 1.91. The van der Waals surface area contributed by atoms with Crippen molar-refractivity contribution in [3.05, 3.63) is 24.0 Å². The van der Waals surface area contributed by atoms with Crippen LogP contribution in [0.5, 0.6) is 5.75 Å². The number of aromatic nitrogens is 1. The normalized spacial score (nSPS) is 27.3. The molecule has 1 atom stereocenters. The number of rotatable bonds is 6. The van der Waals surface area contributed by atoms with E-state index in [2.05, 4.69) is 17.3 Å². The van der Waals surface area contributed by atoms with Crippen LogP contribution in [0.1, 0.15) is 51.1 Å². The van der Waals surface area contributed by atoms with Crippen molar-refractivity contribution in [3.63, 3.8) is 0 Å². The largest absolute Gasteiger partial charge is 0.495 e. The molecule has 0 spiro atoms. The minimum atomic E-state index is -0.260. The van der Waals surface area contributed by atoms with Gasteiger partial charge in [0.1, 0.15) is 5.75 Å². The number of pyridine rings is 1. The van der Waals surface area contributed by atoms with Gasteiger partial charge in [0.25, 0.3) is 0 Å². The molecule has 1 aliphatic carbocycles. The maximum absolute atomic E-state index is 6.19. The molecule has 5 heteroatoms. The molecule has 1 saturated carbocycles. The molecular weight excluding hydrogens is 266 g/mol. The standard InChI is InChI=1S/C16H27N3O2/c1-4-21-16(7-5-12(2)6-8-16)15(19-17)13-9-14(20-3)11-18-10-13/h9-12,15,19H,4-8,17H2,1-3H3. The highest BCUT2D eigenvalue weighted by atomic mass is 16.5. The molecule has 118 valence electrons. The Morgan fingerprint density at radius 3 is 2.71 bits per heavy atom. The summed E-state index contributed by atoms with van der Waals surface area (Å²) < 4.78 is 11.5. The van der Waals surface area contributed by atoms with Crippen LogP contribution in [0.25, 0.3) is 0 Å². The van der Waals surface area contributed by atoms with Crippen molar-refractivity contribution in [2.24, 2.45) is 11.8 Å². The van der Waals surface area contributed by atoms with Gasteiger partial charge in [-0.2, -0.15) is 0 Å². The second-order valence-electron chi connectivity index (χ2n) is 5.94. The quantitative estimate of drug-likeness (QED) is 0.623. The average Bonchev–Trinajstić information content (AvgIpc) is 2.51. The third-order valence-electron chi connectivity index (χ3n) is 4.55. The van der Waals surface area contributed by atoms with E-state index in [1.165, 1.54) is 0 Å². The lowest BCUT2D eigenvalue weighted by Crippen LogP contribution is -2.50. The van der Waals surface area contributed by atoms with E-state index in [1.807, 2.05) is 19.2 Å². The Labute approximate surface area is 127 Å². The maximum atomic E-state index is 6.19. The van der Waals surface area contributed by atoms with Crippen LogP contribution in [-0.2, 0) is 4.74 Å². The smallest absolute Gasteiger partial charge is 0.137 e. The van der Waals surface area contributed by atoms with Crippen molar-refractivity contribution in [3.8, 4) is 5.75 Å². The van der Waals surface area contributed by atoms with Crippen molar-refractivity contribution in [1.82, 2.24) is 10.4 Å². The topological polar surface area (TPSA) is 69.4 Å². The molecule has 0 bridgehead atoms. The van der Waals surface area contributed by atoms with Gasteiger partial charge in [-0.25, -0.2) is 0 Å². The highest BCUT2D eigenvalue weighted by Gasteiger charge is 2.42. The molecule has 0 radical (unpaired) electrons. The van der Waals surface area contributed by atoms with Crippen LogP contribution >= 0.6 is 0 Å². The first-order valence-corrected chi connectivity index (χ1v) is 7.74. The fourth-order valence-corrected chi connectivity index (χ4v) is 3.31. The first-order chi connectivity index (χ1) is 10.1. The lowest BCUT2D eigenvalue weighted by molar-refractivity contribution is -0.0977. The van der Waals surface area contributed by atoms with Crippen molar-refractivity contribution in [1.29, 1.82) is 0 Å². The zero-order valence-corrected chi connectivity index (χ0v) is 13.3. The summed E-state index contributed by atoms with van der Waals surface area (Å²) in [6.45, 7) is 5.02. The number of hydrogen-bond donors (Lipinski definition) is 2. The molecular formula is C16H27N3O2. The van der Waals surface area contributed by atoms with Crippen LogP contribution in [0.2, 0.25) is 0 Å². The van der Waals surface area contributed by atoms with E-state index in [1.54, 1.807) is 13.3 Å². The van der Waals surface area contributed by atoms with Gasteiger partial charge in [-0.3, -0.25) is 16.3 Å². The minimum absolute atomic E-state index is 0.0763. The van der Waals surface area contributed by atoms with Gasteiger partial charge in [-0.15, -0.1) is 0 Å². The molecule has 3 N–H and O–H groups in total. The summed E-state index contributed by atoms with van der Waals surface area (Å²) in [6.07, 6.45) is 7.88. The zero-order chi connectivity index (χ0) is 15.3. The number of hydrazine groups is 1. The molecule has 1 heterocycles. The summed E-state index contributed by atoms with van der Waals surface area (Å²) in [5.74, 6) is 7.37. The number of ether oxygens (including phenoxy) is 2. The van der Waals surface area contributed by atoms with Gasteiger partial charge in [0, 0.05) is 12.8 Å². The molecule has 21 heavy (non-hydrogen) atoms. The van der Waals surface area contributed by atoms with Crippen LogP contribution in [0.4, 0.5) is 0 Å². The average molecular weight is 293 g/mol. The zero-order valence-electron chi connectivity index (χ0n) is 13.3. The Bertz CT molecular complexity index is 445. The highest BCUT2D eigenvalue weighted by molar-refractivity contribution is 5.28. The summed E-state index contributed by atoms with van der Waals surface area (Å²) in [5.41, 5.74) is 3.71. The van der Waals surface area contributed by atoms with Gasteiger partial charge in [-0.05, 0) is 50.2 Å². The van der Waals surface area contributed by atoms with Crippen LogP contribution < -0.4 is 16.0 Å². The Morgan fingerprint density at radius 2 is 2.14 bits per heavy atom. The van der Waals surface area contributed by atoms with E-state index >= 15 is 0 Å². The summed E-state index contributed by atoms with van der Waals surface area (Å²) in [5, 5.41) is 0. The van der Waals surface area contributed by atoms with Gasteiger partial charge in [0.2, 0.25) is 0 Å². The summed E-state index contributed by atoms with van der Waals surface area (Å²) >= 11 is 0. The molecule has 0 aromatic carbocycles. The SMILES string of the molecule is CCOC1(C(NN)c2cncc(OC)c2)CCC(C)CC1. The van der Waals surface area contributed by atoms with Crippen molar-refractivity contribution in [2.75, 3.05) is 13.7 Å². The Balaban J connectivity index is 2.30. The summed E-state index contributed by atoms with van der Waals surface area (Å²) in [7, 11) is 1.65. The molecule has 1 aromatic heterocycles. The molecule has 1 aromatic rings. The third-order valence-corrected chi connectivity index (χ3v) is 4.55. The van der Waals surface area contributed by atoms with Gasteiger partial charge < -0.3 is 9.47 Å². The van der Waals surface area contributed by atoms with E-state index < -0.39 is 0 Å². The fourth-order valence-electron chi connectivity index (χ4n) is 3.31. The Hall–Kier alpha value is -1.17. The van der Waals surface area contributed by atoms with Gasteiger partial charge >= 0.3 is 0 Å². The minimum Gasteiger partial charge on any atom is -0.495 e. The lowest BCUT2D eigenvalue weighted by atomic mass is 9.73. The predicted molar refractivity (Wildman–Crippen MR) is 82.8 cm³/mol. The van der Waals surface area contributed by atoms with Gasteiger partial charge in [0.15, 0.2) is 0 Å². The fraction of sp³-hybridized carbons (Fsp3) is 0.688. The molecule has 2 rings (SSSR count). The number of methoxy groups -OCH3 is 1. The molecule has 0 aliphatic heterocycles. The molecule has 0 amide bonds. The van der Waals surface area contributed by atoms with E-state index in [0.717, 1.165) is 42.9 Å². The highest BCUT2D eigenvalue weighted by Crippen LogP contribution is 2.43. The van der Waals surface area contributed by atoms with Crippen LogP contribution in [0.15, 0.2) is 18.5 Å². The first kappa shape index (κ1) is 16.2. The molecule has 1 aliphatic rings. The van der Waals surface area contributed by atoms with Crippen molar-refractivity contribution >= 4 is 0 Å². The Morgan fingerprint density at radius 1 is 1.43 bits per heavy atom. The molecule has 0 saturated heterocycles. The second-order valence-corrected chi connectivity index (χ2v) is 5.94. The van der Waals surface area contributed by atoms with E-state index in [-0.39, 0.29) is 11.6 Å². The molecule has 1 unspecified atom stereocenters. The third kappa shape index (κ3) is 3.54. The van der Waals surface area contributed by atoms with E-state index in [0.29, 0.717) is 6.61 Å².